The maximum Gasteiger partial charge on any atom is 0.238 e. The zero-order chi connectivity index (χ0) is 42.4. The van der Waals surface area contributed by atoms with E-state index in [1.807, 2.05) is 60.7 Å². The first-order valence-electron chi connectivity index (χ1n) is 21.1. The van der Waals surface area contributed by atoms with Crippen LogP contribution in [0.4, 0.5) is 5.69 Å². The highest BCUT2D eigenvalue weighted by Gasteiger charge is 2.25. The minimum absolute atomic E-state index is 0.0199. The minimum Gasteiger partial charge on any atom is -0.455 e. The van der Waals surface area contributed by atoms with E-state index in [1.165, 1.54) is 5.56 Å². The predicted molar refractivity (Wildman–Crippen MR) is 257 cm³/mol. The van der Waals surface area contributed by atoms with Crippen molar-refractivity contribution >= 4 is 71.2 Å². The lowest BCUT2D eigenvalue weighted by atomic mass is 9.86. The van der Waals surface area contributed by atoms with E-state index < -0.39 is 0 Å². The molecule has 4 aromatic heterocycles. The molecule has 0 amide bonds. The van der Waals surface area contributed by atoms with Gasteiger partial charge in [0.25, 0.3) is 0 Å². The number of aromatic nitrogens is 5. The van der Waals surface area contributed by atoms with E-state index in [0.29, 0.717) is 23.3 Å². The highest BCUT2D eigenvalue weighted by Crippen LogP contribution is 2.44. The molecule has 0 aliphatic carbocycles. The minimum atomic E-state index is 0.0199. The topological polar surface area (TPSA) is 66.0 Å². The number of para-hydroxylation sites is 3. The van der Waals surface area contributed by atoms with E-state index >= 15 is 0 Å². The maximum atomic E-state index is 7.56. The predicted octanol–water partition coefficient (Wildman–Crippen LogP) is 14.8. The molecule has 0 spiro atoms. The van der Waals surface area contributed by atoms with Gasteiger partial charge < -0.3 is 8.98 Å². The summed E-state index contributed by atoms with van der Waals surface area (Å²) in [6, 6.07) is 61.0. The van der Waals surface area contributed by atoms with Crippen molar-refractivity contribution in [3.63, 3.8) is 0 Å². The SMILES string of the molecule is [C-]#[N+]c1ccc(-c2nc(-c3ccccc3)nc(-n3c4ccccc4c4ccc5c6ccccc6n(-c6cc(-c7ccc(C(C)(C)C)cc7)c7oc8ccccc8c7c6)c5c43)n2)cc1. The average Bonchev–Trinajstić information content (AvgIpc) is 3.99. The van der Waals surface area contributed by atoms with Gasteiger partial charge in [0, 0.05) is 54.7 Å². The third-order valence-corrected chi connectivity index (χ3v) is 12.4. The molecule has 0 radical (unpaired) electrons. The first-order chi connectivity index (χ1) is 30.8. The Morgan fingerprint density at radius 1 is 0.492 bits per heavy atom. The van der Waals surface area contributed by atoms with E-state index in [1.54, 1.807) is 0 Å². The van der Waals surface area contributed by atoms with Crippen LogP contribution in [0.15, 0.2) is 180 Å². The van der Waals surface area contributed by atoms with E-state index in [0.717, 1.165) is 93.5 Å². The molecule has 0 N–H and O–H groups in total. The molecule has 0 aliphatic heterocycles. The largest absolute Gasteiger partial charge is 0.455 e. The van der Waals surface area contributed by atoms with Gasteiger partial charge in [0.1, 0.15) is 11.2 Å². The van der Waals surface area contributed by atoms with Crippen molar-refractivity contribution < 1.29 is 4.42 Å². The van der Waals surface area contributed by atoms with E-state index in [2.05, 4.69) is 150 Å². The summed E-state index contributed by atoms with van der Waals surface area (Å²) in [5.41, 5.74) is 12.5. The number of hydrogen-bond acceptors (Lipinski definition) is 4. The Bertz CT molecular complexity index is 3820. The van der Waals surface area contributed by atoms with Crippen LogP contribution in [0, 0.1) is 6.57 Å². The van der Waals surface area contributed by atoms with Gasteiger partial charge in [-0.2, -0.15) is 9.97 Å². The first kappa shape index (κ1) is 36.5. The van der Waals surface area contributed by atoms with Gasteiger partial charge in [-0.3, -0.25) is 4.57 Å². The molecule has 63 heavy (non-hydrogen) atoms. The summed E-state index contributed by atoms with van der Waals surface area (Å²) in [7, 11) is 0. The molecule has 4 heterocycles. The zero-order valence-corrected chi connectivity index (χ0v) is 34.8. The standard InChI is InChI=1S/C56H38N6O/c1-56(2,3)37-26-22-34(23-27-37)45-32-39(33-46-42-18-10-13-21-49(42)63-52(45)46)61-47-19-11-8-16-40(47)43-30-31-44-41-17-9-12-20-48(41)62(51(44)50(43)61)55-59-53(35-14-6-5-7-15-35)58-54(60-55)36-24-28-38(57-4)29-25-36/h5-33H,1-3H3. The molecule has 0 aliphatic rings. The highest BCUT2D eigenvalue weighted by molar-refractivity contribution is 6.24. The van der Waals surface area contributed by atoms with Crippen molar-refractivity contribution in [2.75, 3.05) is 0 Å². The smallest absolute Gasteiger partial charge is 0.238 e. The lowest BCUT2D eigenvalue weighted by Crippen LogP contribution is -2.10. The third-order valence-electron chi connectivity index (χ3n) is 12.4. The Balaban J connectivity index is 1.21. The molecule has 12 rings (SSSR count). The monoisotopic (exact) mass is 810 g/mol. The van der Waals surface area contributed by atoms with Crippen molar-refractivity contribution in [3.05, 3.63) is 193 Å². The fourth-order valence-electron chi connectivity index (χ4n) is 9.28. The molecule has 0 atom stereocenters. The highest BCUT2D eigenvalue weighted by atomic mass is 16.3. The van der Waals surface area contributed by atoms with Crippen molar-refractivity contribution in [3.8, 4) is 45.5 Å². The summed E-state index contributed by atoms with van der Waals surface area (Å²) >= 11 is 0. The molecule has 0 saturated carbocycles. The fraction of sp³-hybridized carbons (Fsp3) is 0.0714. The second-order valence-electron chi connectivity index (χ2n) is 17.2. The maximum absolute atomic E-state index is 7.56. The Morgan fingerprint density at radius 3 is 1.70 bits per heavy atom. The number of furan rings is 1. The lowest BCUT2D eigenvalue weighted by molar-refractivity contribution is 0.590. The van der Waals surface area contributed by atoms with Crippen LogP contribution in [-0.4, -0.2) is 24.1 Å². The first-order valence-corrected chi connectivity index (χ1v) is 21.1. The molecule has 7 nitrogen and oxygen atoms in total. The van der Waals surface area contributed by atoms with E-state index in [4.69, 9.17) is 25.9 Å². The summed E-state index contributed by atoms with van der Waals surface area (Å²) in [5.74, 6) is 1.58. The molecule has 0 unspecified atom stereocenters. The molecule has 0 saturated heterocycles. The second-order valence-corrected chi connectivity index (χ2v) is 17.2. The van der Waals surface area contributed by atoms with Crippen molar-refractivity contribution in [2.45, 2.75) is 26.2 Å². The number of nitrogens with zero attached hydrogens (tertiary/aromatic N) is 6. The quantitative estimate of drug-likeness (QED) is 0.162. The van der Waals surface area contributed by atoms with E-state index in [-0.39, 0.29) is 5.41 Å². The van der Waals surface area contributed by atoms with Crippen LogP contribution in [-0.2, 0) is 5.41 Å². The van der Waals surface area contributed by atoms with Crippen LogP contribution in [0.2, 0.25) is 0 Å². The summed E-state index contributed by atoms with van der Waals surface area (Å²) < 4.78 is 11.4. The van der Waals surface area contributed by atoms with Gasteiger partial charge in [-0.1, -0.05) is 166 Å². The Kier molecular flexibility index (Phi) is 8.02. The van der Waals surface area contributed by atoms with Crippen molar-refractivity contribution in [1.29, 1.82) is 0 Å². The number of benzene rings is 8. The van der Waals surface area contributed by atoms with Gasteiger partial charge in [0.2, 0.25) is 5.95 Å². The van der Waals surface area contributed by atoms with Crippen LogP contribution in [0.1, 0.15) is 26.3 Å². The molecule has 8 aromatic carbocycles. The van der Waals surface area contributed by atoms with Gasteiger partial charge in [-0.25, -0.2) is 9.83 Å². The number of hydrogen-bond donors (Lipinski definition) is 0. The number of fused-ring (bicyclic) bond motifs is 10. The molecule has 7 heteroatoms. The fourth-order valence-corrected chi connectivity index (χ4v) is 9.28. The summed E-state index contributed by atoms with van der Waals surface area (Å²) in [6.45, 7) is 14.3. The van der Waals surface area contributed by atoms with Gasteiger partial charge in [0.15, 0.2) is 17.3 Å². The molecule has 12 aromatic rings. The second kappa shape index (κ2) is 13.8. The van der Waals surface area contributed by atoms with Gasteiger partial charge in [-0.05, 0) is 46.9 Å². The summed E-state index contributed by atoms with van der Waals surface area (Å²) in [5, 5.41) is 6.54. The Labute approximate surface area is 363 Å². The van der Waals surface area contributed by atoms with Gasteiger partial charge in [0.05, 0.1) is 28.6 Å². The molecule has 0 bridgehead atoms. The summed E-state index contributed by atoms with van der Waals surface area (Å²) in [6.07, 6.45) is 0. The third kappa shape index (κ3) is 5.76. The van der Waals surface area contributed by atoms with Crippen molar-refractivity contribution in [2.24, 2.45) is 0 Å². The molecular weight excluding hydrogens is 773 g/mol. The molecule has 298 valence electrons. The summed E-state index contributed by atoms with van der Waals surface area (Å²) in [4.78, 5) is 19.2. The van der Waals surface area contributed by atoms with Crippen LogP contribution in [0.5, 0.6) is 0 Å². The molecule has 0 fully saturated rings. The van der Waals surface area contributed by atoms with Crippen LogP contribution in [0.25, 0.3) is 116 Å². The van der Waals surface area contributed by atoms with E-state index in [9.17, 15) is 0 Å². The number of rotatable bonds is 5. The Hall–Kier alpha value is -8.34. The van der Waals surface area contributed by atoms with Crippen molar-refractivity contribution in [1.82, 2.24) is 24.1 Å². The van der Waals surface area contributed by atoms with Crippen LogP contribution < -0.4 is 0 Å². The van der Waals surface area contributed by atoms with Crippen LogP contribution in [0.3, 0.4) is 0 Å². The molecular formula is C56H38N6O. The Morgan fingerprint density at radius 2 is 1.05 bits per heavy atom. The van der Waals surface area contributed by atoms with Crippen LogP contribution >= 0.6 is 0 Å². The lowest BCUT2D eigenvalue weighted by Gasteiger charge is -2.19. The van der Waals surface area contributed by atoms with Gasteiger partial charge in [-0.15, -0.1) is 0 Å². The zero-order valence-electron chi connectivity index (χ0n) is 34.8. The normalized spacial score (nSPS) is 12.0. The van der Waals surface area contributed by atoms with Gasteiger partial charge >= 0.3 is 0 Å². The average molecular weight is 811 g/mol.